The van der Waals surface area contributed by atoms with Crippen molar-refractivity contribution in [2.75, 3.05) is 19.7 Å². The van der Waals surface area contributed by atoms with E-state index in [0.29, 0.717) is 12.5 Å². The predicted octanol–water partition coefficient (Wildman–Crippen LogP) is 0.549. The second-order valence-corrected chi connectivity index (χ2v) is 3.74. The number of hydrogen-bond acceptors (Lipinski definition) is 3. The molecule has 12 heavy (non-hydrogen) atoms. The predicted molar refractivity (Wildman–Crippen MR) is 44.7 cm³/mol. The van der Waals surface area contributed by atoms with Gasteiger partial charge in [-0.3, -0.25) is 4.79 Å². The average Bonchev–Trinajstić information content (AvgIpc) is 2.29. The maximum Gasteiger partial charge on any atom is 0.313 e. The lowest BCUT2D eigenvalue weighted by atomic mass is 9.62. The quantitative estimate of drug-likeness (QED) is 0.613. The van der Waals surface area contributed by atoms with Crippen LogP contribution >= 0.6 is 0 Å². The van der Waals surface area contributed by atoms with E-state index in [1.54, 1.807) is 0 Å². The molecule has 0 spiro atoms. The molecule has 0 amide bonds. The van der Waals surface area contributed by atoms with Gasteiger partial charge in [-0.25, -0.2) is 0 Å². The molecule has 2 atom stereocenters. The van der Waals surface area contributed by atoms with Crippen LogP contribution in [0.3, 0.4) is 0 Å². The molecule has 1 saturated heterocycles. The van der Waals surface area contributed by atoms with Gasteiger partial charge in [-0.05, 0) is 32.2 Å². The van der Waals surface area contributed by atoms with Crippen LogP contribution in [0.2, 0.25) is 0 Å². The van der Waals surface area contributed by atoms with Crippen molar-refractivity contribution in [1.82, 2.24) is 5.32 Å². The highest BCUT2D eigenvalue weighted by atomic mass is 16.5. The van der Waals surface area contributed by atoms with Gasteiger partial charge in [0.2, 0.25) is 0 Å². The first-order chi connectivity index (χ1) is 5.79. The highest BCUT2D eigenvalue weighted by Crippen LogP contribution is 2.49. The molecule has 0 radical (unpaired) electrons. The molecule has 68 valence electrons. The summed E-state index contributed by atoms with van der Waals surface area (Å²) in [5.41, 5.74) is -0.129. The summed E-state index contributed by atoms with van der Waals surface area (Å²) < 4.78 is 5.07. The summed E-state index contributed by atoms with van der Waals surface area (Å²) in [7, 11) is 0. The van der Waals surface area contributed by atoms with E-state index in [2.05, 4.69) is 5.32 Å². The van der Waals surface area contributed by atoms with Gasteiger partial charge in [0.15, 0.2) is 0 Å². The fourth-order valence-electron chi connectivity index (χ4n) is 2.31. The molecule has 1 aliphatic carbocycles. The number of fused-ring (bicyclic) bond motifs is 1. The molecule has 3 heteroatoms. The molecule has 0 aromatic heterocycles. The van der Waals surface area contributed by atoms with E-state index in [1.165, 1.54) is 6.42 Å². The second-order valence-electron chi connectivity index (χ2n) is 3.74. The van der Waals surface area contributed by atoms with Crippen LogP contribution in [0.4, 0.5) is 0 Å². The number of nitrogens with one attached hydrogen (secondary N) is 1. The fourth-order valence-corrected chi connectivity index (χ4v) is 2.31. The minimum absolute atomic E-state index is 0.0197. The van der Waals surface area contributed by atoms with E-state index < -0.39 is 0 Å². The molecule has 2 aliphatic rings. The summed E-state index contributed by atoms with van der Waals surface area (Å²) in [6.07, 6.45) is 2.20. The Bertz CT molecular complexity index is 205. The molecular formula is C9H15NO2. The van der Waals surface area contributed by atoms with Crippen LogP contribution in [0, 0.1) is 11.3 Å². The van der Waals surface area contributed by atoms with Crippen molar-refractivity contribution in [1.29, 1.82) is 0 Å². The van der Waals surface area contributed by atoms with E-state index in [4.69, 9.17) is 4.74 Å². The van der Waals surface area contributed by atoms with Gasteiger partial charge in [0.25, 0.3) is 0 Å². The molecule has 1 saturated carbocycles. The highest BCUT2D eigenvalue weighted by Gasteiger charge is 2.56. The molecule has 2 rings (SSSR count). The largest absolute Gasteiger partial charge is 0.466 e. The normalized spacial score (nSPS) is 38.6. The Labute approximate surface area is 72.5 Å². The summed E-state index contributed by atoms with van der Waals surface area (Å²) in [6.45, 7) is 4.20. The number of ether oxygens (including phenoxy) is 1. The van der Waals surface area contributed by atoms with Crippen LogP contribution in [0.25, 0.3) is 0 Å². The van der Waals surface area contributed by atoms with Crippen molar-refractivity contribution >= 4 is 5.97 Å². The Hall–Kier alpha value is -0.570. The molecule has 1 heterocycles. The summed E-state index contributed by atoms with van der Waals surface area (Å²) in [6, 6.07) is 0. The van der Waals surface area contributed by atoms with E-state index in [1.807, 2.05) is 6.92 Å². The van der Waals surface area contributed by atoms with Gasteiger partial charge >= 0.3 is 5.97 Å². The third kappa shape index (κ3) is 0.891. The number of hydrogen-bond donors (Lipinski definition) is 1. The number of rotatable bonds is 2. The SMILES string of the molecule is CCOC(=O)C12CCC1CNC2. The first-order valence-electron chi connectivity index (χ1n) is 4.67. The summed E-state index contributed by atoms with van der Waals surface area (Å²) >= 11 is 0. The van der Waals surface area contributed by atoms with Crippen LogP contribution in [0.5, 0.6) is 0 Å². The van der Waals surface area contributed by atoms with E-state index >= 15 is 0 Å². The molecule has 1 N–H and O–H groups in total. The zero-order valence-electron chi connectivity index (χ0n) is 7.43. The maximum absolute atomic E-state index is 11.6. The minimum atomic E-state index is -0.129. The Balaban J connectivity index is 2.05. The molecule has 0 aromatic carbocycles. The topological polar surface area (TPSA) is 38.3 Å². The van der Waals surface area contributed by atoms with E-state index in [0.717, 1.165) is 19.5 Å². The Kier molecular flexibility index (Phi) is 1.83. The monoisotopic (exact) mass is 169 g/mol. The van der Waals surface area contributed by atoms with Crippen LogP contribution in [-0.4, -0.2) is 25.7 Å². The van der Waals surface area contributed by atoms with Gasteiger partial charge < -0.3 is 10.1 Å². The van der Waals surface area contributed by atoms with Crippen molar-refractivity contribution in [3.63, 3.8) is 0 Å². The molecule has 0 bridgehead atoms. The molecule has 2 fully saturated rings. The number of carbonyl (C=O) groups excluding carboxylic acids is 1. The van der Waals surface area contributed by atoms with Gasteiger partial charge in [-0.15, -0.1) is 0 Å². The van der Waals surface area contributed by atoms with Gasteiger partial charge in [-0.2, -0.15) is 0 Å². The Morgan fingerprint density at radius 3 is 3.08 bits per heavy atom. The van der Waals surface area contributed by atoms with Crippen LogP contribution < -0.4 is 5.32 Å². The average molecular weight is 169 g/mol. The Morgan fingerprint density at radius 2 is 2.58 bits per heavy atom. The van der Waals surface area contributed by atoms with Crippen molar-refractivity contribution in [3.05, 3.63) is 0 Å². The third-order valence-corrected chi connectivity index (χ3v) is 3.23. The van der Waals surface area contributed by atoms with Gasteiger partial charge in [0, 0.05) is 6.54 Å². The molecular weight excluding hydrogens is 154 g/mol. The van der Waals surface area contributed by atoms with Gasteiger partial charge in [0.1, 0.15) is 0 Å². The summed E-state index contributed by atoms with van der Waals surface area (Å²) in [5, 5.41) is 3.26. The first-order valence-corrected chi connectivity index (χ1v) is 4.67. The molecule has 1 aliphatic heterocycles. The van der Waals surface area contributed by atoms with Gasteiger partial charge in [0.05, 0.1) is 12.0 Å². The fraction of sp³-hybridized carbons (Fsp3) is 0.889. The van der Waals surface area contributed by atoms with Crippen LogP contribution in [-0.2, 0) is 9.53 Å². The zero-order chi connectivity index (χ0) is 8.60. The van der Waals surface area contributed by atoms with E-state index in [9.17, 15) is 4.79 Å². The van der Waals surface area contributed by atoms with Crippen molar-refractivity contribution in [2.45, 2.75) is 19.8 Å². The van der Waals surface area contributed by atoms with Crippen molar-refractivity contribution in [3.8, 4) is 0 Å². The van der Waals surface area contributed by atoms with Crippen LogP contribution in [0.1, 0.15) is 19.8 Å². The lowest BCUT2D eigenvalue weighted by Crippen LogP contribution is -2.47. The molecule has 3 nitrogen and oxygen atoms in total. The van der Waals surface area contributed by atoms with Gasteiger partial charge in [-0.1, -0.05) is 0 Å². The zero-order valence-corrected chi connectivity index (χ0v) is 7.43. The Morgan fingerprint density at radius 1 is 1.75 bits per heavy atom. The third-order valence-electron chi connectivity index (χ3n) is 3.23. The van der Waals surface area contributed by atoms with Crippen molar-refractivity contribution in [2.24, 2.45) is 11.3 Å². The van der Waals surface area contributed by atoms with Crippen molar-refractivity contribution < 1.29 is 9.53 Å². The summed E-state index contributed by atoms with van der Waals surface area (Å²) in [5.74, 6) is 0.572. The van der Waals surface area contributed by atoms with Crippen LogP contribution in [0.15, 0.2) is 0 Å². The second kappa shape index (κ2) is 2.73. The maximum atomic E-state index is 11.6. The number of carbonyl (C=O) groups is 1. The molecule has 2 unspecified atom stereocenters. The smallest absolute Gasteiger partial charge is 0.313 e. The number of esters is 1. The highest BCUT2D eigenvalue weighted by molar-refractivity contribution is 5.79. The first kappa shape index (κ1) is 8.05. The minimum Gasteiger partial charge on any atom is -0.466 e. The lowest BCUT2D eigenvalue weighted by Gasteiger charge is -2.41. The van der Waals surface area contributed by atoms with E-state index in [-0.39, 0.29) is 11.4 Å². The standard InChI is InChI=1S/C9H15NO2/c1-2-12-8(11)9-4-3-7(9)5-10-6-9/h7,10H,2-6H2,1H3. The lowest BCUT2D eigenvalue weighted by molar-refractivity contribution is -0.163. The summed E-state index contributed by atoms with van der Waals surface area (Å²) in [4.78, 5) is 11.6. The molecule has 0 aromatic rings.